The standard InChI is InChI=1S/C14H12ClFN2O/c15-13-7-9(14(17)18)1-2-10(13)8-19-12-5-3-11(16)4-6-12/h1-7H,8H2,(H3,17,18). The summed E-state index contributed by atoms with van der Waals surface area (Å²) in [6.45, 7) is 0.267. The Kier molecular flexibility index (Phi) is 4.02. The first-order chi connectivity index (χ1) is 9.06. The first-order valence-electron chi connectivity index (χ1n) is 5.57. The van der Waals surface area contributed by atoms with E-state index in [2.05, 4.69) is 0 Å². The molecular weight excluding hydrogens is 267 g/mol. The molecule has 0 saturated carbocycles. The minimum Gasteiger partial charge on any atom is -0.489 e. The molecule has 2 rings (SSSR count). The molecule has 3 N–H and O–H groups in total. The maximum atomic E-state index is 12.7. The SMILES string of the molecule is N=C(N)c1ccc(COc2ccc(F)cc2)c(Cl)c1. The Labute approximate surface area is 115 Å². The fraction of sp³-hybridized carbons (Fsp3) is 0.0714. The first kappa shape index (κ1) is 13.4. The zero-order chi connectivity index (χ0) is 13.8. The molecule has 0 radical (unpaired) electrons. The largest absolute Gasteiger partial charge is 0.489 e. The second-order valence-corrected chi connectivity index (χ2v) is 4.37. The highest BCUT2D eigenvalue weighted by molar-refractivity contribution is 6.31. The molecule has 2 aromatic rings. The smallest absolute Gasteiger partial charge is 0.123 e. The van der Waals surface area contributed by atoms with Crippen molar-refractivity contribution in [2.45, 2.75) is 6.61 Å². The number of nitrogen functional groups attached to an aromatic ring is 1. The van der Waals surface area contributed by atoms with Crippen molar-refractivity contribution < 1.29 is 9.13 Å². The van der Waals surface area contributed by atoms with E-state index in [1.54, 1.807) is 30.3 Å². The molecule has 0 spiro atoms. The number of hydrogen-bond donors (Lipinski definition) is 2. The summed E-state index contributed by atoms with van der Waals surface area (Å²) in [7, 11) is 0. The van der Waals surface area contributed by atoms with Crippen LogP contribution in [0.5, 0.6) is 5.75 Å². The van der Waals surface area contributed by atoms with Gasteiger partial charge in [-0.15, -0.1) is 0 Å². The summed E-state index contributed by atoms with van der Waals surface area (Å²) >= 11 is 6.07. The number of amidine groups is 1. The molecule has 98 valence electrons. The molecule has 0 aliphatic carbocycles. The molecule has 0 unspecified atom stereocenters. The van der Waals surface area contributed by atoms with Gasteiger partial charge in [-0.1, -0.05) is 23.7 Å². The van der Waals surface area contributed by atoms with Crippen molar-refractivity contribution in [1.29, 1.82) is 5.41 Å². The predicted octanol–water partition coefficient (Wildman–Crippen LogP) is 3.34. The number of hydrogen-bond acceptors (Lipinski definition) is 2. The van der Waals surface area contributed by atoms with Gasteiger partial charge in [0.25, 0.3) is 0 Å². The minimum absolute atomic E-state index is 0.0343. The maximum Gasteiger partial charge on any atom is 0.123 e. The summed E-state index contributed by atoms with van der Waals surface area (Å²) in [5, 5.41) is 7.79. The Balaban J connectivity index is 2.07. The molecule has 0 aromatic heterocycles. The molecule has 0 bridgehead atoms. The molecular formula is C14H12ClFN2O. The minimum atomic E-state index is -0.309. The summed E-state index contributed by atoms with van der Waals surface area (Å²) in [6, 6.07) is 10.8. The molecule has 0 aliphatic rings. The van der Waals surface area contributed by atoms with Gasteiger partial charge in [0.2, 0.25) is 0 Å². The van der Waals surface area contributed by atoms with Crippen LogP contribution in [0.3, 0.4) is 0 Å². The van der Waals surface area contributed by atoms with Gasteiger partial charge in [-0.3, -0.25) is 5.41 Å². The first-order valence-corrected chi connectivity index (χ1v) is 5.95. The van der Waals surface area contributed by atoms with Crippen LogP contribution in [0, 0.1) is 11.2 Å². The Bertz CT molecular complexity index is 599. The lowest BCUT2D eigenvalue weighted by Crippen LogP contribution is -2.11. The highest BCUT2D eigenvalue weighted by Gasteiger charge is 2.05. The molecule has 0 saturated heterocycles. The average molecular weight is 279 g/mol. The van der Waals surface area contributed by atoms with Gasteiger partial charge in [-0.25, -0.2) is 4.39 Å². The van der Waals surface area contributed by atoms with Crippen LogP contribution in [0.25, 0.3) is 0 Å². The van der Waals surface area contributed by atoms with Gasteiger partial charge >= 0.3 is 0 Å². The number of nitrogens with two attached hydrogens (primary N) is 1. The molecule has 0 heterocycles. The quantitative estimate of drug-likeness (QED) is 0.666. The van der Waals surface area contributed by atoms with Crippen molar-refractivity contribution >= 4 is 17.4 Å². The molecule has 5 heteroatoms. The molecule has 0 fully saturated rings. The number of rotatable bonds is 4. The van der Waals surface area contributed by atoms with Gasteiger partial charge in [0.15, 0.2) is 0 Å². The zero-order valence-electron chi connectivity index (χ0n) is 9.99. The number of benzene rings is 2. The van der Waals surface area contributed by atoms with Gasteiger partial charge in [0.1, 0.15) is 24.0 Å². The molecule has 0 amide bonds. The summed E-state index contributed by atoms with van der Waals surface area (Å²) in [4.78, 5) is 0. The Morgan fingerprint density at radius 2 is 1.89 bits per heavy atom. The van der Waals surface area contributed by atoms with Gasteiger partial charge < -0.3 is 10.5 Å². The van der Waals surface area contributed by atoms with Crippen molar-refractivity contribution in [2.75, 3.05) is 0 Å². The van der Waals surface area contributed by atoms with Crippen LogP contribution in [0.15, 0.2) is 42.5 Å². The lowest BCUT2D eigenvalue weighted by molar-refractivity contribution is 0.306. The molecule has 2 aromatic carbocycles. The van der Waals surface area contributed by atoms with E-state index < -0.39 is 0 Å². The molecule has 19 heavy (non-hydrogen) atoms. The van der Waals surface area contributed by atoms with Gasteiger partial charge in [0, 0.05) is 16.1 Å². The van der Waals surface area contributed by atoms with Crippen molar-refractivity contribution in [3.63, 3.8) is 0 Å². The van der Waals surface area contributed by atoms with Gasteiger partial charge in [0.05, 0.1) is 0 Å². The van der Waals surface area contributed by atoms with Crippen LogP contribution in [-0.2, 0) is 6.61 Å². The topological polar surface area (TPSA) is 59.1 Å². The third-order valence-corrected chi connectivity index (χ3v) is 2.92. The fourth-order valence-electron chi connectivity index (χ4n) is 1.52. The van der Waals surface area contributed by atoms with Crippen LogP contribution in [-0.4, -0.2) is 5.84 Å². The number of halogens is 2. The van der Waals surface area contributed by atoms with Crippen molar-refractivity contribution in [1.82, 2.24) is 0 Å². The highest BCUT2D eigenvalue weighted by atomic mass is 35.5. The Hall–Kier alpha value is -2.07. The summed E-state index contributed by atoms with van der Waals surface area (Å²) in [5.41, 5.74) is 6.71. The van der Waals surface area contributed by atoms with Gasteiger partial charge in [-0.05, 0) is 30.3 Å². The third-order valence-electron chi connectivity index (χ3n) is 2.57. The monoisotopic (exact) mass is 278 g/mol. The fourth-order valence-corrected chi connectivity index (χ4v) is 1.76. The maximum absolute atomic E-state index is 12.7. The molecule has 3 nitrogen and oxygen atoms in total. The third kappa shape index (κ3) is 3.45. The normalized spacial score (nSPS) is 10.2. The molecule has 0 aliphatic heterocycles. The van der Waals surface area contributed by atoms with Crippen LogP contribution in [0.1, 0.15) is 11.1 Å². The van der Waals surface area contributed by atoms with Gasteiger partial charge in [-0.2, -0.15) is 0 Å². The Morgan fingerprint density at radius 1 is 1.21 bits per heavy atom. The van der Waals surface area contributed by atoms with E-state index in [9.17, 15) is 4.39 Å². The predicted molar refractivity (Wildman–Crippen MR) is 73.2 cm³/mol. The van der Waals surface area contributed by atoms with E-state index in [4.69, 9.17) is 27.5 Å². The van der Waals surface area contributed by atoms with Crippen molar-refractivity contribution in [3.8, 4) is 5.75 Å². The van der Waals surface area contributed by atoms with Crippen molar-refractivity contribution in [3.05, 3.63) is 64.4 Å². The zero-order valence-corrected chi connectivity index (χ0v) is 10.7. The highest BCUT2D eigenvalue weighted by Crippen LogP contribution is 2.20. The summed E-state index contributed by atoms with van der Waals surface area (Å²) < 4.78 is 18.2. The average Bonchev–Trinajstić information content (AvgIpc) is 2.39. The Morgan fingerprint density at radius 3 is 2.47 bits per heavy atom. The summed E-state index contributed by atoms with van der Waals surface area (Å²) in [5.74, 6) is 0.220. The van der Waals surface area contributed by atoms with E-state index in [0.717, 1.165) is 5.56 Å². The lowest BCUT2D eigenvalue weighted by Gasteiger charge is -2.09. The van der Waals surface area contributed by atoms with Crippen LogP contribution >= 0.6 is 11.6 Å². The van der Waals surface area contributed by atoms with E-state index in [-0.39, 0.29) is 18.3 Å². The lowest BCUT2D eigenvalue weighted by atomic mass is 10.1. The van der Waals surface area contributed by atoms with E-state index in [0.29, 0.717) is 16.3 Å². The molecule has 0 atom stereocenters. The van der Waals surface area contributed by atoms with E-state index >= 15 is 0 Å². The van der Waals surface area contributed by atoms with Crippen molar-refractivity contribution in [2.24, 2.45) is 5.73 Å². The summed E-state index contributed by atoms with van der Waals surface area (Å²) in [6.07, 6.45) is 0. The van der Waals surface area contributed by atoms with E-state index in [1.807, 2.05) is 0 Å². The van der Waals surface area contributed by atoms with Crippen LogP contribution in [0.4, 0.5) is 4.39 Å². The van der Waals surface area contributed by atoms with E-state index in [1.165, 1.54) is 12.1 Å². The number of nitrogens with one attached hydrogen (secondary N) is 1. The van der Waals surface area contributed by atoms with Crippen LogP contribution in [0.2, 0.25) is 5.02 Å². The second kappa shape index (κ2) is 5.71. The number of ether oxygens (including phenoxy) is 1. The second-order valence-electron chi connectivity index (χ2n) is 3.96. The van der Waals surface area contributed by atoms with Crippen LogP contribution < -0.4 is 10.5 Å².